The topological polar surface area (TPSA) is 81.9 Å². The fraction of sp³-hybridized carbons (Fsp3) is 0.609. The van der Waals surface area contributed by atoms with Gasteiger partial charge in [-0.05, 0) is 64.4 Å². The van der Waals surface area contributed by atoms with Crippen LogP contribution in [0.15, 0.2) is 35.6 Å². The van der Waals surface area contributed by atoms with Crippen LogP contribution in [0.25, 0.3) is 0 Å². The fourth-order valence-electron chi connectivity index (χ4n) is 4.83. The van der Waals surface area contributed by atoms with Gasteiger partial charge in [-0.1, -0.05) is 12.2 Å². The molecule has 2 aliphatic heterocycles. The predicted molar refractivity (Wildman–Crippen MR) is 119 cm³/mol. The largest absolute Gasteiger partial charge is 0.476 e. The highest BCUT2D eigenvalue weighted by atomic mass is 19.4. The Balaban J connectivity index is 1.40. The molecular formula is C23H30F3N5O3. The van der Waals surface area contributed by atoms with E-state index in [1.807, 2.05) is 7.05 Å². The molecule has 0 aromatic carbocycles. The summed E-state index contributed by atoms with van der Waals surface area (Å²) < 4.78 is 41.0. The number of aromatic carboxylic acids is 1. The van der Waals surface area contributed by atoms with Gasteiger partial charge < -0.3 is 10.0 Å². The van der Waals surface area contributed by atoms with Gasteiger partial charge in [-0.15, -0.1) is 0 Å². The summed E-state index contributed by atoms with van der Waals surface area (Å²) in [5.41, 5.74) is 0.114. The standard InChI is InChI=1S/C23H30F3N5O3/c1-22(7-12-30(13-8-22)21(34)31-11-6-18(27-31)20(32)33)28(2)15-16-4-5-17(23(24,25)26)14-19(16)29-9-3-10-29/h4-6,11,19H,3,7-10,12-15H2,1-2H3,(H,32,33). The van der Waals surface area contributed by atoms with E-state index in [0.717, 1.165) is 29.8 Å². The zero-order chi connectivity index (χ0) is 24.7. The van der Waals surface area contributed by atoms with Gasteiger partial charge in [0.25, 0.3) is 0 Å². The number of likely N-dealkylation sites (tertiary alicyclic amines) is 2. The van der Waals surface area contributed by atoms with Crippen LogP contribution >= 0.6 is 0 Å². The minimum Gasteiger partial charge on any atom is -0.476 e. The van der Waals surface area contributed by atoms with Crippen molar-refractivity contribution in [2.75, 3.05) is 39.8 Å². The summed E-state index contributed by atoms with van der Waals surface area (Å²) in [6, 6.07) is 0.689. The van der Waals surface area contributed by atoms with E-state index in [0.29, 0.717) is 32.5 Å². The highest BCUT2D eigenvalue weighted by Crippen LogP contribution is 2.37. The van der Waals surface area contributed by atoms with E-state index in [9.17, 15) is 22.8 Å². The number of carboxylic acid groups (broad SMARTS) is 1. The predicted octanol–water partition coefficient (Wildman–Crippen LogP) is 3.23. The SMILES string of the molecule is CN(CC1=CC=C(C(F)(F)F)CC1N1CCC1)C1(C)CCN(C(=O)n2ccc(C(=O)O)n2)CC1. The number of hydrogen-bond acceptors (Lipinski definition) is 5. The quantitative estimate of drug-likeness (QED) is 0.696. The number of halogens is 3. The van der Waals surface area contributed by atoms with Crippen molar-refractivity contribution in [3.8, 4) is 0 Å². The maximum Gasteiger partial charge on any atom is 0.412 e. The van der Waals surface area contributed by atoms with Crippen molar-refractivity contribution in [1.29, 1.82) is 0 Å². The molecule has 0 radical (unpaired) electrons. The number of nitrogens with zero attached hydrogens (tertiary/aromatic N) is 5. The molecule has 0 saturated carbocycles. The minimum absolute atomic E-state index is 0.00956. The van der Waals surface area contributed by atoms with Crippen LogP contribution in [0.3, 0.4) is 0 Å². The molecule has 3 aliphatic rings. The molecular weight excluding hydrogens is 451 g/mol. The van der Waals surface area contributed by atoms with Gasteiger partial charge in [-0.3, -0.25) is 9.80 Å². The van der Waals surface area contributed by atoms with Crippen LogP contribution in [0, 0.1) is 0 Å². The number of carbonyl (C=O) groups excluding carboxylic acids is 1. The fourth-order valence-corrected chi connectivity index (χ4v) is 4.83. The molecule has 2 saturated heterocycles. The zero-order valence-corrected chi connectivity index (χ0v) is 19.4. The number of allylic oxidation sites excluding steroid dienone is 2. The Morgan fingerprint density at radius 1 is 1.21 bits per heavy atom. The number of carbonyl (C=O) groups is 2. The number of rotatable bonds is 5. The maximum atomic E-state index is 13.3. The lowest BCUT2D eigenvalue weighted by Gasteiger charge is -2.47. The van der Waals surface area contributed by atoms with Gasteiger partial charge in [-0.25, -0.2) is 9.59 Å². The molecule has 1 aliphatic carbocycles. The van der Waals surface area contributed by atoms with Crippen LogP contribution in [0.1, 0.15) is 43.1 Å². The maximum absolute atomic E-state index is 13.3. The molecule has 0 bridgehead atoms. The molecule has 11 heteroatoms. The van der Waals surface area contributed by atoms with E-state index in [1.54, 1.807) is 11.0 Å². The van der Waals surface area contributed by atoms with E-state index >= 15 is 0 Å². The third kappa shape index (κ3) is 4.90. The van der Waals surface area contributed by atoms with Crippen LogP contribution in [0.2, 0.25) is 0 Å². The molecule has 34 heavy (non-hydrogen) atoms. The van der Waals surface area contributed by atoms with Crippen molar-refractivity contribution in [2.24, 2.45) is 0 Å². The van der Waals surface area contributed by atoms with Crippen LogP contribution < -0.4 is 0 Å². The number of likely N-dealkylation sites (N-methyl/N-ethyl adjacent to an activating group) is 1. The average molecular weight is 482 g/mol. The Labute approximate surface area is 196 Å². The van der Waals surface area contributed by atoms with Crippen molar-refractivity contribution in [2.45, 2.75) is 50.4 Å². The summed E-state index contributed by atoms with van der Waals surface area (Å²) in [6.45, 7) is 5.28. The second-order valence-corrected chi connectivity index (χ2v) is 9.61. The Hall–Kier alpha value is -2.66. The summed E-state index contributed by atoms with van der Waals surface area (Å²) >= 11 is 0. The first kappa shape index (κ1) is 24.5. The van der Waals surface area contributed by atoms with E-state index in [1.165, 1.54) is 18.3 Å². The van der Waals surface area contributed by atoms with Crippen molar-refractivity contribution in [3.63, 3.8) is 0 Å². The number of hydrogen-bond donors (Lipinski definition) is 1. The smallest absolute Gasteiger partial charge is 0.412 e. The first-order valence-electron chi connectivity index (χ1n) is 11.5. The summed E-state index contributed by atoms with van der Waals surface area (Å²) in [7, 11) is 1.99. The highest BCUT2D eigenvalue weighted by Gasteiger charge is 2.41. The Bertz CT molecular complexity index is 1000. The monoisotopic (exact) mass is 481 g/mol. The molecule has 3 heterocycles. The molecule has 8 nitrogen and oxygen atoms in total. The zero-order valence-electron chi connectivity index (χ0n) is 19.4. The van der Waals surface area contributed by atoms with Gasteiger partial charge in [0.15, 0.2) is 5.69 Å². The van der Waals surface area contributed by atoms with E-state index in [-0.39, 0.29) is 29.7 Å². The number of piperidine rings is 1. The molecule has 1 amide bonds. The number of aromatic nitrogens is 2. The lowest BCUT2D eigenvalue weighted by atomic mass is 9.85. The molecule has 186 valence electrons. The van der Waals surface area contributed by atoms with Crippen LogP contribution in [0.5, 0.6) is 0 Å². The van der Waals surface area contributed by atoms with Crippen molar-refractivity contribution < 1.29 is 27.9 Å². The van der Waals surface area contributed by atoms with Crippen LogP contribution in [0.4, 0.5) is 18.0 Å². The average Bonchev–Trinajstić information content (AvgIpc) is 3.23. The second-order valence-electron chi connectivity index (χ2n) is 9.61. The summed E-state index contributed by atoms with van der Waals surface area (Å²) in [5.74, 6) is -1.19. The molecule has 1 atom stereocenters. The van der Waals surface area contributed by atoms with Gasteiger partial charge in [0, 0.05) is 43.0 Å². The van der Waals surface area contributed by atoms with Gasteiger partial charge >= 0.3 is 18.2 Å². The van der Waals surface area contributed by atoms with E-state index in [2.05, 4.69) is 21.8 Å². The minimum atomic E-state index is -4.30. The third-order valence-electron chi connectivity index (χ3n) is 7.49. The molecule has 2 fully saturated rings. The van der Waals surface area contributed by atoms with Gasteiger partial charge in [0.1, 0.15) is 0 Å². The summed E-state index contributed by atoms with van der Waals surface area (Å²) in [6.07, 6.45) is 2.29. The summed E-state index contributed by atoms with van der Waals surface area (Å²) in [5, 5.41) is 12.8. The first-order valence-corrected chi connectivity index (χ1v) is 11.5. The molecule has 0 spiro atoms. The lowest BCUT2D eigenvalue weighted by molar-refractivity contribution is -0.0964. The van der Waals surface area contributed by atoms with E-state index < -0.39 is 17.7 Å². The number of alkyl halides is 3. The molecule has 1 N–H and O–H groups in total. The number of carboxylic acids is 1. The Kier molecular flexibility index (Phi) is 6.61. The van der Waals surface area contributed by atoms with Crippen LogP contribution in [-0.4, -0.2) is 99.1 Å². The number of amides is 1. The molecule has 4 rings (SSSR count). The van der Waals surface area contributed by atoms with Crippen molar-refractivity contribution >= 4 is 12.0 Å². The van der Waals surface area contributed by atoms with E-state index in [4.69, 9.17) is 5.11 Å². The normalized spacial score (nSPS) is 23.4. The van der Waals surface area contributed by atoms with Crippen molar-refractivity contribution in [3.05, 3.63) is 41.3 Å². The molecule has 1 aromatic rings. The highest BCUT2D eigenvalue weighted by molar-refractivity contribution is 5.86. The second kappa shape index (κ2) is 9.18. The molecule has 1 aromatic heterocycles. The molecule has 1 unspecified atom stereocenters. The third-order valence-corrected chi connectivity index (χ3v) is 7.49. The first-order chi connectivity index (χ1) is 16.0. The summed E-state index contributed by atoms with van der Waals surface area (Å²) in [4.78, 5) is 29.7. The van der Waals surface area contributed by atoms with Crippen molar-refractivity contribution in [1.82, 2.24) is 24.5 Å². The lowest BCUT2D eigenvalue weighted by Crippen LogP contribution is -2.55. The van der Waals surface area contributed by atoms with Crippen LogP contribution in [-0.2, 0) is 0 Å². The van der Waals surface area contributed by atoms with Gasteiger partial charge in [-0.2, -0.15) is 23.0 Å². The van der Waals surface area contributed by atoms with Gasteiger partial charge in [0.05, 0.1) is 0 Å². The Morgan fingerprint density at radius 3 is 2.41 bits per heavy atom. The van der Waals surface area contributed by atoms with Gasteiger partial charge in [0.2, 0.25) is 0 Å². The Morgan fingerprint density at radius 2 is 1.88 bits per heavy atom.